The predicted octanol–water partition coefficient (Wildman–Crippen LogP) is 3.88. The molecule has 23 heavy (non-hydrogen) atoms. The van der Waals surface area contributed by atoms with Crippen LogP contribution in [-0.2, 0) is 6.54 Å². The number of furan rings is 1. The molecule has 0 aliphatic rings. The Morgan fingerprint density at radius 2 is 1.87 bits per heavy atom. The molecule has 0 aliphatic carbocycles. The highest BCUT2D eigenvalue weighted by Gasteiger charge is 2.15. The van der Waals surface area contributed by atoms with E-state index >= 15 is 0 Å². The van der Waals surface area contributed by atoms with Gasteiger partial charge in [0, 0.05) is 23.7 Å². The van der Waals surface area contributed by atoms with Crippen LogP contribution in [0.5, 0.6) is 0 Å². The molecule has 0 aliphatic heterocycles. The standard InChI is InChI=1S/C18H14FN3O/c19-14-5-7-15(8-6-14)22-11-13(10-20)18(21-22)17-9-12-3-1-2-4-16(12)23-17/h1-9,11H,10,20H2. The number of nitrogens with two attached hydrogens (primary N) is 1. The molecule has 0 saturated carbocycles. The van der Waals surface area contributed by atoms with Crippen molar-refractivity contribution < 1.29 is 8.81 Å². The Morgan fingerprint density at radius 1 is 1.09 bits per heavy atom. The van der Waals surface area contributed by atoms with Crippen LogP contribution in [0.1, 0.15) is 5.56 Å². The number of nitrogens with zero attached hydrogens (tertiary/aromatic N) is 2. The fraction of sp³-hybridized carbons (Fsp3) is 0.0556. The first kappa shape index (κ1) is 13.7. The first-order valence-corrected chi connectivity index (χ1v) is 7.28. The second kappa shape index (κ2) is 5.37. The van der Waals surface area contributed by atoms with E-state index in [1.807, 2.05) is 36.5 Å². The van der Waals surface area contributed by atoms with Gasteiger partial charge in [-0.15, -0.1) is 0 Å². The molecule has 2 aromatic carbocycles. The maximum Gasteiger partial charge on any atom is 0.156 e. The molecule has 4 rings (SSSR count). The van der Waals surface area contributed by atoms with Gasteiger partial charge in [-0.2, -0.15) is 5.10 Å². The van der Waals surface area contributed by atoms with Gasteiger partial charge in [-0.1, -0.05) is 18.2 Å². The van der Waals surface area contributed by atoms with E-state index in [1.165, 1.54) is 12.1 Å². The van der Waals surface area contributed by atoms with Crippen molar-refractivity contribution in [2.45, 2.75) is 6.54 Å². The third-order valence-electron chi connectivity index (χ3n) is 3.76. The van der Waals surface area contributed by atoms with Crippen molar-refractivity contribution in [1.29, 1.82) is 0 Å². The number of fused-ring (bicyclic) bond motifs is 1. The molecule has 0 bridgehead atoms. The molecule has 2 aromatic heterocycles. The van der Waals surface area contributed by atoms with Crippen LogP contribution >= 0.6 is 0 Å². The highest BCUT2D eigenvalue weighted by molar-refractivity contribution is 5.82. The average molecular weight is 307 g/mol. The second-order valence-corrected chi connectivity index (χ2v) is 5.28. The van der Waals surface area contributed by atoms with E-state index in [2.05, 4.69) is 5.10 Å². The van der Waals surface area contributed by atoms with Crippen molar-refractivity contribution in [3.63, 3.8) is 0 Å². The topological polar surface area (TPSA) is 57.0 Å². The number of halogens is 1. The maximum absolute atomic E-state index is 13.1. The van der Waals surface area contributed by atoms with E-state index in [9.17, 15) is 4.39 Å². The van der Waals surface area contributed by atoms with Crippen molar-refractivity contribution in [3.8, 4) is 17.1 Å². The highest BCUT2D eigenvalue weighted by Crippen LogP contribution is 2.29. The number of hydrogen-bond acceptors (Lipinski definition) is 3. The van der Waals surface area contributed by atoms with Crippen LogP contribution < -0.4 is 5.73 Å². The van der Waals surface area contributed by atoms with Crippen LogP contribution in [0.3, 0.4) is 0 Å². The summed E-state index contributed by atoms with van der Waals surface area (Å²) in [6.45, 7) is 0.341. The minimum Gasteiger partial charge on any atom is -0.454 e. The lowest BCUT2D eigenvalue weighted by molar-refractivity contribution is 0.624. The summed E-state index contributed by atoms with van der Waals surface area (Å²) in [5.74, 6) is 0.393. The highest BCUT2D eigenvalue weighted by atomic mass is 19.1. The van der Waals surface area contributed by atoms with Crippen LogP contribution in [0, 0.1) is 5.82 Å². The van der Waals surface area contributed by atoms with Gasteiger partial charge in [0.2, 0.25) is 0 Å². The Bertz CT molecular complexity index is 937. The molecule has 0 unspecified atom stereocenters. The van der Waals surface area contributed by atoms with E-state index in [4.69, 9.17) is 10.2 Å². The Labute approximate surface area is 131 Å². The second-order valence-electron chi connectivity index (χ2n) is 5.28. The molecule has 0 atom stereocenters. The van der Waals surface area contributed by atoms with E-state index < -0.39 is 0 Å². The van der Waals surface area contributed by atoms with E-state index in [1.54, 1.807) is 16.8 Å². The summed E-state index contributed by atoms with van der Waals surface area (Å²) in [5.41, 5.74) is 8.99. The Balaban J connectivity index is 1.83. The average Bonchev–Trinajstić information content (AvgIpc) is 3.19. The zero-order valence-electron chi connectivity index (χ0n) is 12.2. The summed E-state index contributed by atoms with van der Waals surface area (Å²) in [6, 6.07) is 15.9. The lowest BCUT2D eigenvalue weighted by Crippen LogP contribution is -1.96. The Kier molecular flexibility index (Phi) is 3.20. The van der Waals surface area contributed by atoms with Crippen molar-refractivity contribution in [2.24, 2.45) is 5.73 Å². The smallest absolute Gasteiger partial charge is 0.156 e. The van der Waals surface area contributed by atoms with Gasteiger partial charge in [-0.25, -0.2) is 9.07 Å². The minimum absolute atomic E-state index is 0.280. The first-order valence-electron chi connectivity index (χ1n) is 7.28. The molecule has 0 spiro atoms. The largest absolute Gasteiger partial charge is 0.454 e. The van der Waals surface area contributed by atoms with Crippen molar-refractivity contribution in [2.75, 3.05) is 0 Å². The predicted molar refractivity (Wildman–Crippen MR) is 86.6 cm³/mol. The Hall–Kier alpha value is -2.92. The summed E-state index contributed by atoms with van der Waals surface area (Å²) < 4.78 is 20.6. The van der Waals surface area contributed by atoms with E-state index in [-0.39, 0.29) is 5.82 Å². The summed E-state index contributed by atoms with van der Waals surface area (Å²) in [5, 5.41) is 5.58. The van der Waals surface area contributed by atoms with Crippen LogP contribution in [0.25, 0.3) is 28.1 Å². The quantitative estimate of drug-likeness (QED) is 0.625. The van der Waals surface area contributed by atoms with Gasteiger partial charge < -0.3 is 10.2 Å². The third-order valence-corrected chi connectivity index (χ3v) is 3.76. The van der Waals surface area contributed by atoms with E-state index in [0.717, 1.165) is 22.2 Å². The number of benzene rings is 2. The molecule has 5 heteroatoms. The summed E-state index contributed by atoms with van der Waals surface area (Å²) >= 11 is 0. The summed E-state index contributed by atoms with van der Waals surface area (Å²) in [4.78, 5) is 0. The molecule has 4 aromatic rings. The van der Waals surface area contributed by atoms with Gasteiger partial charge in [0.05, 0.1) is 5.69 Å². The maximum atomic E-state index is 13.1. The fourth-order valence-corrected chi connectivity index (χ4v) is 2.59. The molecule has 114 valence electrons. The fourth-order valence-electron chi connectivity index (χ4n) is 2.59. The normalized spacial score (nSPS) is 11.2. The zero-order valence-corrected chi connectivity index (χ0v) is 12.2. The van der Waals surface area contributed by atoms with Crippen molar-refractivity contribution >= 4 is 11.0 Å². The molecule has 0 fully saturated rings. The van der Waals surface area contributed by atoms with E-state index in [0.29, 0.717) is 18.0 Å². The van der Waals surface area contributed by atoms with Crippen molar-refractivity contribution in [1.82, 2.24) is 9.78 Å². The molecule has 0 saturated heterocycles. The molecular weight excluding hydrogens is 293 g/mol. The lowest BCUT2D eigenvalue weighted by atomic mass is 10.2. The SMILES string of the molecule is NCc1cn(-c2ccc(F)cc2)nc1-c1cc2ccccc2o1. The molecular formula is C18H14FN3O. The van der Waals surface area contributed by atoms with Crippen LogP contribution in [0.4, 0.5) is 4.39 Å². The molecule has 2 heterocycles. The van der Waals surface area contributed by atoms with Crippen LogP contribution in [0.2, 0.25) is 0 Å². The summed E-state index contributed by atoms with van der Waals surface area (Å²) in [7, 11) is 0. The molecule has 0 radical (unpaired) electrons. The first-order chi connectivity index (χ1) is 11.2. The Morgan fingerprint density at radius 3 is 2.61 bits per heavy atom. The van der Waals surface area contributed by atoms with Crippen LogP contribution in [-0.4, -0.2) is 9.78 Å². The molecule has 0 amide bonds. The van der Waals surface area contributed by atoms with Gasteiger partial charge in [0.15, 0.2) is 5.76 Å². The van der Waals surface area contributed by atoms with Gasteiger partial charge in [-0.3, -0.25) is 0 Å². The monoisotopic (exact) mass is 307 g/mol. The van der Waals surface area contributed by atoms with Crippen molar-refractivity contribution in [3.05, 3.63) is 72.2 Å². The summed E-state index contributed by atoms with van der Waals surface area (Å²) in [6.07, 6.45) is 1.84. The van der Waals surface area contributed by atoms with Gasteiger partial charge in [0.1, 0.15) is 17.1 Å². The number of para-hydroxylation sites is 1. The third kappa shape index (κ3) is 2.41. The zero-order chi connectivity index (χ0) is 15.8. The van der Waals surface area contributed by atoms with Gasteiger partial charge in [-0.05, 0) is 36.4 Å². The number of aromatic nitrogens is 2. The van der Waals surface area contributed by atoms with Gasteiger partial charge in [0.25, 0.3) is 0 Å². The van der Waals surface area contributed by atoms with Gasteiger partial charge >= 0.3 is 0 Å². The molecule has 2 N–H and O–H groups in total. The lowest BCUT2D eigenvalue weighted by Gasteiger charge is -1.99. The minimum atomic E-state index is -0.280. The number of rotatable bonds is 3. The molecule has 4 nitrogen and oxygen atoms in total. The van der Waals surface area contributed by atoms with Crippen LogP contribution in [0.15, 0.2) is 65.2 Å². The number of hydrogen-bond donors (Lipinski definition) is 1.